The maximum absolute atomic E-state index is 10.5. The minimum absolute atomic E-state index is 0. The smallest absolute Gasteiger partial charge is 0.323 e. The second kappa shape index (κ2) is 6.03. The van der Waals surface area contributed by atoms with Crippen molar-refractivity contribution < 1.29 is 9.90 Å². The van der Waals surface area contributed by atoms with Gasteiger partial charge in [0.25, 0.3) is 0 Å². The summed E-state index contributed by atoms with van der Waals surface area (Å²) in [6.45, 7) is 5.06. The van der Waals surface area contributed by atoms with Gasteiger partial charge in [-0.2, -0.15) is 0 Å². The van der Waals surface area contributed by atoms with Crippen molar-refractivity contribution in [3.05, 3.63) is 12.7 Å². The van der Waals surface area contributed by atoms with Crippen LogP contribution in [0, 0.1) is 0 Å². The third-order valence-electron chi connectivity index (χ3n) is 1.59. The Morgan fingerprint density at radius 2 is 2.25 bits per heavy atom. The number of aliphatic carboxylic acids is 1. The molecule has 0 saturated carbocycles. The molecule has 0 aliphatic heterocycles. The number of allylic oxidation sites excluding steroid dienone is 1. The first kappa shape index (κ1) is 14.0. The van der Waals surface area contributed by atoms with E-state index in [1.165, 1.54) is 6.92 Å². The number of carboxylic acids is 1. The molecule has 3 nitrogen and oxygen atoms in total. The highest BCUT2D eigenvalue weighted by atomic mass is 35.5. The summed E-state index contributed by atoms with van der Waals surface area (Å²) in [5, 5.41) is 8.59. The van der Waals surface area contributed by atoms with Crippen molar-refractivity contribution in [1.82, 2.24) is 0 Å². The number of rotatable bonds is 5. The van der Waals surface area contributed by atoms with Gasteiger partial charge in [0.1, 0.15) is 5.54 Å². The lowest BCUT2D eigenvalue weighted by atomic mass is 9.96. The summed E-state index contributed by atoms with van der Waals surface area (Å²) >= 11 is 0. The number of halogens is 1. The number of hydrogen-bond acceptors (Lipinski definition) is 2. The van der Waals surface area contributed by atoms with E-state index in [9.17, 15) is 4.79 Å². The fraction of sp³-hybridized carbons (Fsp3) is 0.625. The molecular weight excluding hydrogens is 178 g/mol. The first-order chi connectivity index (χ1) is 5.00. The number of unbranched alkanes of at least 4 members (excludes halogenated alkanes) is 1. The molecule has 0 heterocycles. The molecule has 0 bridgehead atoms. The number of carboxylic acid groups (broad SMARTS) is 1. The summed E-state index contributed by atoms with van der Waals surface area (Å²) in [4.78, 5) is 10.5. The Bertz CT molecular complexity index is 157. The van der Waals surface area contributed by atoms with Crippen LogP contribution in [0.5, 0.6) is 0 Å². The Balaban J connectivity index is 0. The van der Waals surface area contributed by atoms with Gasteiger partial charge in [-0.25, -0.2) is 0 Å². The monoisotopic (exact) mass is 193 g/mol. The Labute approximate surface area is 79.1 Å². The van der Waals surface area contributed by atoms with Gasteiger partial charge in [0.05, 0.1) is 0 Å². The standard InChI is InChI=1S/C8H15NO2.ClH/c1-3-4-5-6-8(2,9)7(10)11;/h3H,1,4-6,9H2,2H3,(H,10,11);1H/t8-;/m0./s1. The van der Waals surface area contributed by atoms with E-state index < -0.39 is 11.5 Å². The Hall–Kier alpha value is -0.540. The molecule has 72 valence electrons. The fourth-order valence-electron chi connectivity index (χ4n) is 0.721. The van der Waals surface area contributed by atoms with Gasteiger partial charge >= 0.3 is 5.97 Å². The van der Waals surface area contributed by atoms with Crippen LogP contribution in [0.1, 0.15) is 26.2 Å². The van der Waals surface area contributed by atoms with Gasteiger partial charge in [-0.05, 0) is 26.2 Å². The van der Waals surface area contributed by atoms with Crippen LogP contribution < -0.4 is 5.73 Å². The molecule has 0 rings (SSSR count). The van der Waals surface area contributed by atoms with Gasteiger partial charge in [-0.15, -0.1) is 19.0 Å². The third-order valence-corrected chi connectivity index (χ3v) is 1.59. The second-order valence-electron chi connectivity index (χ2n) is 2.90. The van der Waals surface area contributed by atoms with E-state index in [4.69, 9.17) is 10.8 Å². The van der Waals surface area contributed by atoms with E-state index >= 15 is 0 Å². The van der Waals surface area contributed by atoms with E-state index in [1.54, 1.807) is 6.08 Å². The van der Waals surface area contributed by atoms with Crippen molar-refractivity contribution >= 4 is 18.4 Å². The minimum Gasteiger partial charge on any atom is -0.480 e. The van der Waals surface area contributed by atoms with E-state index in [0.29, 0.717) is 6.42 Å². The Kier molecular flexibility index (Phi) is 7.04. The predicted octanol–water partition coefficient (Wildman–Crippen LogP) is 1.57. The lowest BCUT2D eigenvalue weighted by Crippen LogP contribution is -2.44. The summed E-state index contributed by atoms with van der Waals surface area (Å²) in [5.41, 5.74) is 4.39. The van der Waals surface area contributed by atoms with Crippen LogP contribution in [0.3, 0.4) is 0 Å². The maximum atomic E-state index is 10.5. The summed E-state index contributed by atoms with van der Waals surface area (Å²) < 4.78 is 0. The number of hydrogen-bond donors (Lipinski definition) is 2. The van der Waals surface area contributed by atoms with Crippen LogP contribution in [0.4, 0.5) is 0 Å². The number of nitrogens with two attached hydrogens (primary N) is 1. The summed E-state index contributed by atoms with van der Waals surface area (Å²) in [6, 6.07) is 0. The van der Waals surface area contributed by atoms with Crippen molar-refractivity contribution in [3.63, 3.8) is 0 Å². The second-order valence-corrected chi connectivity index (χ2v) is 2.90. The van der Waals surface area contributed by atoms with Crippen LogP contribution in [0.15, 0.2) is 12.7 Å². The Morgan fingerprint density at radius 3 is 2.58 bits per heavy atom. The first-order valence-corrected chi connectivity index (χ1v) is 3.64. The van der Waals surface area contributed by atoms with Crippen molar-refractivity contribution in [2.24, 2.45) is 5.73 Å². The minimum atomic E-state index is -1.08. The molecular formula is C8H16ClNO2. The Morgan fingerprint density at radius 1 is 1.75 bits per heavy atom. The van der Waals surface area contributed by atoms with Gasteiger partial charge in [0.15, 0.2) is 0 Å². The first-order valence-electron chi connectivity index (χ1n) is 3.64. The summed E-state index contributed by atoms with van der Waals surface area (Å²) in [5.74, 6) is -0.943. The van der Waals surface area contributed by atoms with Gasteiger partial charge in [0, 0.05) is 0 Å². The molecule has 0 aliphatic rings. The number of carbonyl (C=O) groups is 1. The fourth-order valence-corrected chi connectivity index (χ4v) is 0.721. The third kappa shape index (κ3) is 5.16. The van der Waals surface area contributed by atoms with Crippen molar-refractivity contribution in [2.45, 2.75) is 31.7 Å². The predicted molar refractivity (Wildman–Crippen MR) is 51.5 cm³/mol. The van der Waals surface area contributed by atoms with Gasteiger partial charge in [-0.1, -0.05) is 6.08 Å². The van der Waals surface area contributed by atoms with E-state index in [0.717, 1.165) is 12.8 Å². The van der Waals surface area contributed by atoms with E-state index in [2.05, 4.69) is 6.58 Å². The zero-order valence-corrected chi connectivity index (χ0v) is 8.06. The molecule has 0 amide bonds. The maximum Gasteiger partial charge on any atom is 0.323 e. The molecule has 0 aromatic carbocycles. The molecule has 12 heavy (non-hydrogen) atoms. The highest BCUT2D eigenvalue weighted by Gasteiger charge is 2.26. The summed E-state index contributed by atoms with van der Waals surface area (Å²) in [6.07, 6.45) is 3.86. The average Bonchev–Trinajstić information content (AvgIpc) is 1.88. The van der Waals surface area contributed by atoms with Gasteiger partial charge < -0.3 is 10.8 Å². The molecule has 0 saturated heterocycles. The molecule has 0 spiro atoms. The van der Waals surface area contributed by atoms with Gasteiger partial charge in [0.2, 0.25) is 0 Å². The molecule has 0 aliphatic carbocycles. The highest BCUT2D eigenvalue weighted by Crippen LogP contribution is 2.10. The molecule has 1 atom stereocenters. The molecule has 0 aromatic heterocycles. The lowest BCUT2D eigenvalue weighted by molar-refractivity contribution is -0.142. The molecule has 0 fully saturated rings. The molecule has 0 aromatic rings. The molecule has 3 N–H and O–H groups in total. The van der Waals surface area contributed by atoms with Crippen LogP contribution in [-0.2, 0) is 4.79 Å². The molecule has 0 radical (unpaired) electrons. The van der Waals surface area contributed by atoms with E-state index in [1.807, 2.05) is 0 Å². The van der Waals surface area contributed by atoms with Crippen molar-refractivity contribution in [2.75, 3.05) is 0 Å². The zero-order chi connectivity index (χ0) is 8.91. The average molecular weight is 194 g/mol. The zero-order valence-electron chi connectivity index (χ0n) is 7.25. The topological polar surface area (TPSA) is 63.3 Å². The largest absolute Gasteiger partial charge is 0.480 e. The van der Waals surface area contributed by atoms with Crippen LogP contribution >= 0.6 is 12.4 Å². The SMILES string of the molecule is C=CCCC[C@](C)(N)C(=O)O.Cl. The van der Waals surface area contributed by atoms with Crippen molar-refractivity contribution in [1.29, 1.82) is 0 Å². The van der Waals surface area contributed by atoms with E-state index in [-0.39, 0.29) is 12.4 Å². The normalized spacial score (nSPS) is 14.2. The van der Waals surface area contributed by atoms with Gasteiger partial charge in [-0.3, -0.25) is 4.79 Å². The van der Waals surface area contributed by atoms with Crippen LogP contribution in [0.2, 0.25) is 0 Å². The van der Waals surface area contributed by atoms with Crippen molar-refractivity contribution in [3.8, 4) is 0 Å². The molecule has 4 heteroatoms. The summed E-state index contributed by atoms with van der Waals surface area (Å²) in [7, 11) is 0. The van der Waals surface area contributed by atoms with Crippen LogP contribution in [-0.4, -0.2) is 16.6 Å². The highest BCUT2D eigenvalue weighted by molar-refractivity contribution is 5.85. The lowest BCUT2D eigenvalue weighted by Gasteiger charge is -2.17. The van der Waals surface area contributed by atoms with Crippen LogP contribution in [0.25, 0.3) is 0 Å². The molecule has 0 unspecified atom stereocenters. The quantitative estimate of drug-likeness (QED) is 0.515.